The summed E-state index contributed by atoms with van der Waals surface area (Å²) >= 11 is 3.47. The summed E-state index contributed by atoms with van der Waals surface area (Å²) in [5.74, 6) is 1.38. The maximum atomic E-state index is 5.92. The zero-order valence-corrected chi connectivity index (χ0v) is 14.4. The molecule has 3 rings (SSSR count). The van der Waals surface area contributed by atoms with Gasteiger partial charge in [-0.05, 0) is 24.6 Å². The third kappa shape index (κ3) is 3.39. The summed E-state index contributed by atoms with van der Waals surface area (Å²) in [5.41, 5.74) is 1.19. The minimum Gasteiger partial charge on any atom is -0.424 e. The molecule has 2 unspecified atom stereocenters. The van der Waals surface area contributed by atoms with Crippen LogP contribution in [0, 0.1) is 0 Å². The number of hydrogen-bond acceptors (Lipinski definition) is 5. The van der Waals surface area contributed by atoms with Gasteiger partial charge in [-0.15, -0.1) is 10.2 Å². The fourth-order valence-electron chi connectivity index (χ4n) is 2.63. The molecule has 1 aromatic heterocycles. The van der Waals surface area contributed by atoms with Gasteiger partial charge in [0.1, 0.15) is 0 Å². The molecule has 22 heavy (non-hydrogen) atoms. The lowest BCUT2D eigenvalue weighted by Gasteiger charge is -2.35. The van der Waals surface area contributed by atoms with Gasteiger partial charge in [0, 0.05) is 24.0 Å². The Morgan fingerprint density at radius 1 is 1.32 bits per heavy atom. The van der Waals surface area contributed by atoms with Crippen molar-refractivity contribution in [1.82, 2.24) is 15.1 Å². The molecule has 1 fully saturated rings. The van der Waals surface area contributed by atoms with E-state index in [1.807, 2.05) is 19.1 Å². The van der Waals surface area contributed by atoms with Crippen molar-refractivity contribution >= 4 is 15.9 Å². The van der Waals surface area contributed by atoms with Crippen LogP contribution in [-0.4, -0.2) is 34.8 Å². The van der Waals surface area contributed by atoms with Gasteiger partial charge in [0.05, 0.1) is 18.8 Å². The summed E-state index contributed by atoms with van der Waals surface area (Å²) in [4.78, 5) is 2.34. The van der Waals surface area contributed by atoms with Crippen LogP contribution < -0.4 is 0 Å². The number of hydrogen-bond donors (Lipinski definition) is 0. The van der Waals surface area contributed by atoms with Crippen molar-refractivity contribution in [2.45, 2.75) is 32.4 Å². The molecule has 2 atom stereocenters. The van der Waals surface area contributed by atoms with Gasteiger partial charge in [0.15, 0.2) is 0 Å². The topological polar surface area (TPSA) is 51.4 Å². The second-order valence-corrected chi connectivity index (χ2v) is 6.39. The van der Waals surface area contributed by atoms with Crippen molar-refractivity contribution in [3.8, 4) is 0 Å². The predicted molar refractivity (Wildman–Crippen MR) is 86.5 cm³/mol. The second kappa shape index (κ2) is 6.89. The number of nitrogens with zero attached hydrogens (tertiary/aromatic N) is 3. The average molecular weight is 366 g/mol. The first-order valence-corrected chi connectivity index (χ1v) is 8.40. The molecule has 0 N–H and O–H groups in total. The van der Waals surface area contributed by atoms with E-state index in [1.54, 1.807) is 0 Å². The molecular weight excluding hydrogens is 346 g/mol. The summed E-state index contributed by atoms with van der Waals surface area (Å²) in [7, 11) is 0. The minimum absolute atomic E-state index is 0.0814. The fraction of sp³-hybridized carbons (Fsp3) is 0.500. The zero-order valence-electron chi connectivity index (χ0n) is 12.8. The number of halogens is 1. The van der Waals surface area contributed by atoms with Crippen LogP contribution in [0.25, 0.3) is 0 Å². The van der Waals surface area contributed by atoms with Crippen molar-refractivity contribution in [3.63, 3.8) is 0 Å². The fourth-order valence-corrected chi connectivity index (χ4v) is 2.90. The molecule has 2 heterocycles. The van der Waals surface area contributed by atoms with E-state index in [2.05, 4.69) is 50.1 Å². The van der Waals surface area contributed by atoms with E-state index in [4.69, 9.17) is 9.15 Å². The molecule has 1 aromatic carbocycles. The van der Waals surface area contributed by atoms with Gasteiger partial charge in [-0.25, -0.2) is 0 Å². The molecule has 118 valence electrons. The highest BCUT2D eigenvalue weighted by molar-refractivity contribution is 9.10. The molecule has 0 bridgehead atoms. The Labute approximate surface area is 138 Å². The highest BCUT2D eigenvalue weighted by Crippen LogP contribution is 2.28. The minimum atomic E-state index is 0.0814. The Morgan fingerprint density at radius 3 is 2.77 bits per heavy atom. The number of benzene rings is 1. The molecule has 0 radical (unpaired) electrons. The summed E-state index contributed by atoms with van der Waals surface area (Å²) in [6.45, 7) is 6.53. The molecule has 0 amide bonds. The van der Waals surface area contributed by atoms with Gasteiger partial charge >= 0.3 is 0 Å². The Kier molecular flexibility index (Phi) is 4.90. The Balaban J connectivity index is 1.70. The molecule has 1 saturated heterocycles. The molecule has 6 heteroatoms. The summed E-state index contributed by atoms with van der Waals surface area (Å²) in [6.07, 6.45) is 0.850. The van der Waals surface area contributed by atoms with Crippen molar-refractivity contribution in [3.05, 3.63) is 46.1 Å². The SMILES string of the molecule is CCc1nnc(C(C)N2CCOC(c3ccc(Br)cc3)C2)o1. The van der Waals surface area contributed by atoms with Crippen LogP contribution in [0.1, 0.15) is 43.3 Å². The largest absolute Gasteiger partial charge is 0.424 e. The van der Waals surface area contributed by atoms with Crippen LogP contribution in [-0.2, 0) is 11.2 Å². The highest BCUT2D eigenvalue weighted by Gasteiger charge is 2.28. The van der Waals surface area contributed by atoms with E-state index in [-0.39, 0.29) is 12.1 Å². The summed E-state index contributed by atoms with van der Waals surface area (Å²) in [5, 5.41) is 8.22. The third-order valence-electron chi connectivity index (χ3n) is 4.03. The summed E-state index contributed by atoms with van der Waals surface area (Å²) in [6, 6.07) is 8.41. The zero-order chi connectivity index (χ0) is 15.5. The maximum absolute atomic E-state index is 5.92. The van der Waals surface area contributed by atoms with Gasteiger partial charge in [0.2, 0.25) is 11.8 Å². The Bertz CT molecular complexity index is 614. The lowest BCUT2D eigenvalue weighted by atomic mass is 10.1. The lowest BCUT2D eigenvalue weighted by molar-refractivity contribution is -0.0464. The van der Waals surface area contributed by atoms with E-state index in [0.717, 1.165) is 24.0 Å². The monoisotopic (exact) mass is 365 g/mol. The third-order valence-corrected chi connectivity index (χ3v) is 4.56. The molecule has 5 nitrogen and oxygen atoms in total. The van der Waals surface area contributed by atoms with Gasteiger partial charge in [-0.3, -0.25) is 4.90 Å². The van der Waals surface area contributed by atoms with Crippen LogP contribution in [0.4, 0.5) is 0 Å². The smallest absolute Gasteiger partial charge is 0.233 e. The number of aryl methyl sites for hydroxylation is 1. The Hall–Kier alpha value is -1.24. The molecule has 1 aliphatic rings. The molecule has 1 aliphatic heterocycles. The van der Waals surface area contributed by atoms with Gasteiger partial charge in [0.25, 0.3) is 0 Å². The van der Waals surface area contributed by atoms with Crippen LogP contribution in [0.15, 0.2) is 33.2 Å². The van der Waals surface area contributed by atoms with E-state index < -0.39 is 0 Å². The number of aromatic nitrogens is 2. The first-order chi connectivity index (χ1) is 10.7. The quantitative estimate of drug-likeness (QED) is 0.829. The second-order valence-electron chi connectivity index (χ2n) is 5.47. The van der Waals surface area contributed by atoms with Gasteiger partial charge in [-0.1, -0.05) is 35.0 Å². The first kappa shape index (κ1) is 15.6. The van der Waals surface area contributed by atoms with Crippen LogP contribution in [0.5, 0.6) is 0 Å². The van der Waals surface area contributed by atoms with Crippen LogP contribution >= 0.6 is 15.9 Å². The number of ether oxygens (including phenoxy) is 1. The van der Waals surface area contributed by atoms with E-state index in [1.165, 1.54) is 5.56 Å². The van der Waals surface area contributed by atoms with E-state index in [9.17, 15) is 0 Å². The normalized spacial score (nSPS) is 21.0. The molecule has 0 spiro atoms. The number of morpholine rings is 1. The van der Waals surface area contributed by atoms with Crippen LogP contribution in [0.2, 0.25) is 0 Å². The molecule has 2 aromatic rings. The summed E-state index contributed by atoms with van der Waals surface area (Å²) < 4.78 is 12.7. The van der Waals surface area contributed by atoms with Crippen LogP contribution in [0.3, 0.4) is 0 Å². The van der Waals surface area contributed by atoms with Crippen molar-refractivity contribution in [2.75, 3.05) is 19.7 Å². The van der Waals surface area contributed by atoms with Gasteiger partial charge < -0.3 is 9.15 Å². The molecular formula is C16H20BrN3O2. The molecule has 0 aliphatic carbocycles. The van der Waals surface area contributed by atoms with Crippen molar-refractivity contribution in [1.29, 1.82) is 0 Å². The molecule has 0 saturated carbocycles. The van der Waals surface area contributed by atoms with E-state index in [0.29, 0.717) is 18.4 Å². The first-order valence-electron chi connectivity index (χ1n) is 7.60. The predicted octanol–water partition coefficient (Wildman–Crippen LogP) is 3.53. The highest BCUT2D eigenvalue weighted by atomic mass is 79.9. The van der Waals surface area contributed by atoms with Crippen molar-refractivity contribution in [2.24, 2.45) is 0 Å². The Morgan fingerprint density at radius 2 is 2.09 bits per heavy atom. The van der Waals surface area contributed by atoms with E-state index >= 15 is 0 Å². The lowest BCUT2D eigenvalue weighted by Crippen LogP contribution is -2.40. The van der Waals surface area contributed by atoms with Crippen molar-refractivity contribution < 1.29 is 9.15 Å². The maximum Gasteiger partial charge on any atom is 0.233 e. The van der Waals surface area contributed by atoms with Gasteiger partial charge in [-0.2, -0.15) is 0 Å². The average Bonchev–Trinajstić information content (AvgIpc) is 3.04. The number of rotatable bonds is 4. The standard InChI is InChI=1S/C16H20BrN3O2/c1-3-15-18-19-16(22-15)11(2)20-8-9-21-14(10-20)12-4-6-13(17)7-5-12/h4-7,11,14H,3,8-10H2,1-2H3.